The summed E-state index contributed by atoms with van der Waals surface area (Å²) in [6.45, 7) is 1.22. The summed E-state index contributed by atoms with van der Waals surface area (Å²) in [7, 11) is 1.41. The Balaban J connectivity index is 2.55. The molecule has 0 bridgehead atoms. The van der Waals surface area contributed by atoms with Crippen LogP contribution < -0.4 is 0 Å². The van der Waals surface area contributed by atoms with Gasteiger partial charge in [0.2, 0.25) is 0 Å². The molecule has 2 heterocycles. The Labute approximate surface area is 79.5 Å². The maximum Gasteiger partial charge on any atom is 0.280 e. The van der Waals surface area contributed by atoms with Crippen LogP contribution in [0.4, 0.5) is 0 Å². The highest BCUT2D eigenvalue weighted by Crippen LogP contribution is 2.15. The number of hydrogen-bond acceptors (Lipinski definition) is 4. The lowest BCUT2D eigenvalue weighted by molar-refractivity contribution is 0.578. The Bertz CT molecular complexity index is 462. The zero-order valence-corrected chi connectivity index (χ0v) is 8.09. The van der Waals surface area contributed by atoms with E-state index in [4.69, 9.17) is 10.7 Å². The third-order valence-electron chi connectivity index (χ3n) is 1.70. The average molecular weight is 220 g/mol. The van der Waals surface area contributed by atoms with Crippen molar-refractivity contribution in [2.45, 2.75) is 11.6 Å². The molecule has 0 saturated heterocycles. The number of aromatic nitrogens is 2. The molecule has 0 spiro atoms. The van der Waals surface area contributed by atoms with Crippen molar-refractivity contribution in [3.8, 4) is 0 Å². The molecule has 0 N–H and O–H groups in total. The largest absolute Gasteiger partial charge is 0.289 e. The van der Waals surface area contributed by atoms with Crippen LogP contribution >= 0.6 is 10.7 Å². The molecule has 5 nitrogen and oxygen atoms in total. The Kier molecular flexibility index (Phi) is 1.88. The van der Waals surface area contributed by atoms with Crippen LogP contribution in [-0.2, 0) is 15.6 Å². The predicted octanol–water partition coefficient (Wildman–Crippen LogP) is 0.243. The first kappa shape index (κ1) is 8.71. The van der Waals surface area contributed by atoms with Gasteiger partial charge in [-0.2, -0.15) is 5.10 Å². The van der Waals surface area contributed by atoms with Crippen molar-refractivity contribution in [1.29, 1.82) is 0 Å². The SMILES string of the molecule is O=S(=O)(Cl)c1cc2n(n1)CCN=C2. The lowest BCUT2D eigenvalue weighted by atomic mass is 10.4. The van der Waals surface area contributed by atoms with Crippen LogP contribution in [0, 0.1) is 0 Å². The number of hydrogen-bond donors (Lipinski definition) is 0. The normalized spacial score (nSPS) is 15.8. The molecule has 70 valence electrons. The summed E-state index contributed by atoms with van der Waals surface area (Å²) in [5, 5.41) is 3.71. The summed E-state index contributed by atoms with van der Waals surface area (Å²) < 4.78 is 23.4. The number of aliphatic imine (C=N–C) groups is 1. The highest BCUT2D eigenvalue weighted by molar-refractivity contribution is 8.13. The van der Waals surface area contributed by atoms with Gasteiger partial charge in [-0.25, -0.2) is 8.42 Å². The monoisotopic (exact) mass is 219 g/mol. The molecule has 0 saturated carbocycles. The van der Waals surface area contributed by atoms with Crippen molar-refractivity contribution >= 4 is 25.9 Å². The minimum absolute atomic E-state index is 0.113. The van der Waals surface area contributed by atoms with Crippen LogP contribution in [0.5, 0.6) is 0 Å². The van der Waals surface area contributed by atoms with E-state index >= 15 is 0 Å². The number of fused-ring (bicyclic) bond motifs is 1. The summed E-state index contributed by atoms with van der Waals surface area (Å²) in [5.74, 6) is 0. The average Bonchev–Trinajstić information content (AvgIpc) is 2.45. The lowest BCUT2D eigenvalue weighted by Crippen LogP contribution is -2.11. The van der Waals surface area contributed by atoms with Crippen LogP contribution in [0.15, 0.2) is 16.1 Å². The molecular formula is C6H6ClN3O2S. The number of halogens is 1. The second kappa shape index (κ2) is 2.81. The fraction of sp³-hybridized carbons (Fsp3) is 0.333. The first-order valence-corrected chi connectivity index (χ1v) is 5.90. The number of nitrogens with zero attached hydrogens (tertiary/aromatic N) is 3. The van der Waals surface area contributed by atoms with E-state index in [1.54, 1.807) is 10.9 Å². The van der Waals surface area contributed by atoms with Crippen molar-refractivity contribution in [3.05, 3.63) is 11.8 Å². The molecule has 1 aromatic rings. The summed E-state index contributed by atoms with van der Waals surface area (Å²) in [4.78, 5) is 3.99. The standard InChI is InChI=1S/C6H6ClN3O2S/c7-13(11,12)6-3-5-4-8-1-2-10(5)9-6/h3-4H,1-2H2. The van der Waals surface area contributed by atoms with Crippen molar-refractivity contribution < 1.29 is 8.42 Å². The van der Waals surface area contributed by atoms with Crippen LogP contribution in [0.3, 0.4) is 0 Å². The quantitative estimate of drug-likeness (QED) is 0.636. The van der Waals surface area contributed by atoms with Gasteiger partial charge in [-0.1, -0.05) is 0 Å². The first-order valence-electron chi connectivity index (χ1n) is 3.60. The lowest BCUT2D eigenvalue weighted by Gasteiger charge is -2.05. The molecular weight excluding hydrogens is 214 g/mol. The van der Waals surface area contributed by atoms with E-state index in [1.807, 2.05) is 0 Å². The molecule has 1 aliphatic heterocycles. The molecule has 0 amide bonds. The number of rotatable bonds is 1. The zero-order valence-electron chi connectivity index (χ0n) is 6.51. The van der Waals surface area contributed by atoms with Gasteiger partial charge in [0.25, 0.3) is 9.05 Å². The van der Waals surface area contributed by atoms with Crippen LogP contribution in [0.25, 0.3) is 0 Å². The van der Waals surface area contributed by atoms with Gasteiger partial charge >= 0.3 is 0 Å². The summed E-state index contributed by atoms with van der Waals surface area (Å²) in [6.07, 6.45) is 1.59. The Hall–Kier alpha value is -0.880. The van der Waals surface area contributed by atoms with E-state index in [9.17, 15) is 8.42 Å². The van der Waals surface area contributed by atoms with Gasteiger partial charge in [-0.15, -0.1) is 0 Å². The highest BCUT2D eigenvalue weighted by Gasteiger charge is 2.17. The Morgan fingerprint density at radius 3 is 2.92 bits per heavy atom. The Morgan fingerprint density at radius 2 is 2.31 bits per heavy atom. The van der Waals surface area contributed by atoms with E-state index in [0.717, 1.165) is 0 Å². The van der Waals surface area contributed by atoms with Crippen molar-refractivity contribution in [2.24, 2.45) is 4.99 Å². The predicted molar refractivity (Wildman–Crippen MR) is 47.7 cm³/mol. The third-order valence-corrected chi connectivity index (χ3v) is 2.88. The van der Waals surface area contributed by atoms with Crippen LogP contribution in [0.1, 0.15) is 5.69 Å². The van der Waals surface area contributed by atoms with Crippen LogP contribution in [-0.4, -0.2) is 31.0 Å². The molecule has 13 heavy (non-hydrogen) atoms. The smallest absolute Gasteiger partial charge is 0.280 e. The molecule has 0 aliphatic carbocycles. The molecule has 7 heteroatoms. The van der Waals surface area contributed by atoms with Crippen molar-refractivity contribution in [3.63, 3.8) is 0 Å². The van der Waals surface area contributed by atoms with Gasteiger partial charge in [0.1, 0.15) is 0 Å². The van der Waals surface area contributed by atoms with Gasteiger partial charge < -0.3 is 0 Å². The van der Waals surface area contributed by atoms with Gasteiger partial charge in [0.05, 0.1) is 18.8 Å². The fourth-order valence-corrected chi connectivity index (χ4v) is 1.80. The van der Waals surface area contributed by atoms with E-state index in [-0.39, 0.29) is 5.03 Å². The van der Waals surface area contributed by atoms with Gasteiger partial charge in [0, 0.05) is 23.0 Å². The van der Waals surface area contributed by atoms with Gasteiger partial charge in [0.15, 0.2) is 5.03 Å². The molecule has 1 aromatic heterocycles. The molecule has 0 aromatic carbocycles. The maximum atomic E-state index is 10.9. The zero-order chi connectivity index (χ0) is 9.47. The van der Waals surface area contributed by atoms with Crippen molar-refractivity contribution in [1.82, 2.24) is 9.78 Å². The van der Waals surface area contributed by atoms with E-state index < -0.39 is 9.05 Å². The molecule has 0 fully saturated rings. The summed E-state index contributed by atoms with van der Waals surface area (Å²) >= 11 is 0. The molecule has 2 rings (SSSR count). The molecule has 0 radical (unpaired) electrons. The molecule has 0 atom stereocenters. The van der Waals surface area contributed by atoms with E-state index in [1.165, 1.54) is 6.07 Å². The highest BCUT2D eigenvalue weighted by atomic mass is 35.7. The molecule has 1 aliphatic rings. The summed E-state index contributed by atoms with van der Waals surface area (Å²) in [5.41, 5.74) is 0.672. The van der Waals surface area contributed by atoms with E-state index in [2.05, 4.69) is 10.1 Å². The second-order valence-electron chi connectivity index (χ2n) is 2.60. The van der Waals surface area contributed by atoms with Crippen LogP contribution in [0.2, 0.25) is 0 Å². The first-order chi connectivity index (χ1) is 6.07. The second-order valence-corrected chi connectivity index (χ2v) is 5.12. The van der Waals surface area contributed by atoms with Gasteiger partial charge in [-0.3, -0.25) is 9.67 Å². The van der Waals surface area contributed by atoms with E-state index in [0.29, 0.717) is 18.8 Å². The fourth-order valence-electron chi connectivity index (χ4n) is 1.12. The maximum absolute atomic E-state index is 10.9. The minimum Gasteiger partial charge on any atom is -0.289 e. The Morgan fingerprint density at radius 1 is 1.54 bits per heavy atom. The van der Waals surface area contributed by atoms with Crippen molar-refractivity contribution in [2.75, 3.05) is 6.54 Å². The molecule has 0 unspecified atom stereocenters. The summed E-state index contributed by atoms with van der Waals surface area (Å²) in [6, 6.07) is 1.41. The topological polar surface area (TPSA) is 64.3 Å². The third kappa shape index (κ3) is 1.59. The van der Waals surface area contributed by atoms with Gasteiger partial charge in [-0.05, 0) is 0 Å². The minimum atomic E-state index is -3.72.